The van der Waals surface area contributed by atoms with Crippen LogP contribution in [0.25, 0.3) is 11.4 Å². The van der Waals surface area contributed by atoms with Crippen molar-refractivity contribution in [3.63, 3.8) is 0 Å². The summed E-state index contributed by atoms with van der Waals surface area (Å²) in [6.07, 6.45) is 1.90. The van der Waals surface area contributed by atoms with E-state index in [1.165, 1.54) is 0 Å². The lowest BCUT2D eigenvalue weighted by Crippen LogP contribution is -2.57. The van der Waals surface area contributed by atoms with Crippen LogP contribution in [0.4, 0.5) is 0 Å². The molecule has 0 aliphatic carbocycles. The zero-order chi connectivity index (χ0) is 18.8. The molecule has 0 atom stereocenters. The Hall–Kier alpha value is -2.41. The standard InChI is InChI=1S/C20H25N3O4/c1-13(2)20(24)23-11-17(12-23)26-16-5-3-14(4-6-16)18-21-19(27-22-18)15-7-9-25-10-8-15/h3-6,13,15,17H,7-12H2,1-2H3. The van der Waals surface area contributed by atoms with Gasteiger partial charge in [-0.15, -0.1) is 0 Å². The van der Waals surface area contributed by atoms with Crippen LogP contribution < -0.4 is 4.74 Å². The van der Waals surface area contributed by atoms with Crippen molar-refractivity contribution in [2.75, 3.05) is 26.3 Å². The molecule has 0 spiro atoms. The summed E-state index contributed by atoms with van der Waals surface area (Å²) in [6, 6.07) is 7.69. The van der Waals surface area contributed by atoms with Gasteiger partial charge in [0.2, 0.25) is 17.6 Å². The van der Waals surface area contributed by atoms with Crippen molar-refractivity contribution < 1.29 is 18.8 Å². The average Bonchev–Trinajstić information content (AvgIpc) is 3.15. The highest BCUT2D eigenvalue weighted by Gasteiger charge is 2.33. The third-order valence-corrected chi connectivity index (χ3v) is 5.08. The Bertz CT molecular complexity index is 775. The monoisotopic (exact) mass is 371 g/mol. The zero-order valence-electron chi connectivity index (χ0n) is 15.8. The first kappa shape index (κ1) is 18.0. The third-order valence-electron chi connectivity index (χ3n) is 5.08. The number of rotatable bonds is 5. The number of amides is 1. The Morgan fingerprint density at radius 2 is 1.89 bits per heavy atom. The molecule has 7 nitrogen and oxygen atoms in total. The fourth-order valence-electron chi connectivity index (χ4n) is 3.40. The molecule has 2 aliphatic rings. The number of nitrogens with zero attached hydrogens (tertiary/aromatic N) is 3. The van der Waals surface area contributed by atoms with Crippen LogP contribution in [0.1, 0.15) is 38.5 Å². The number of likely N-dealkylation sites (tertiary alicyclic amines) is 1. The van der Waals surface area contributed by atoms with Crippen LogP contribution >= 0.6 is 0 Å². The van der Waals surface area contributed by atoms with Crippen molar-refractivity contribution >= 4 is 5.91 Å². The van der Waals surface area contributed by atoms with Crippen LogP contribution in [-0.4, -0.2) is 53.4 Å². The summed E-state index contributed by atoms with van der Waals surface area (Å²) < 4.78 is 16.8. The lowest BCUT2D eigenvalue weighted by atomic mass is 10.0. The molecule has 27 heavy (non-hydrogen) atoms. The van der Waals surface area contributed by atoms with Gasteiger partial charge in [0.15, 0.2) is 0 Å². The summed E-state index contributed by atoms with van der Waals surface area (Å²) in [6.45, 7) is 6.63. The van der Waals surface area contributed by atoms with Gasteiger partial charge < -0.3 is 18.9 Å². The number of carbonyl (C=O) groups is 1. The number of hydrogen-bond acceptors (Lipinski definition) is 6. The van der Waals surface area contributed by atoms with Crippen LogP contribution in [0.2, 0.25) is 0 Å². The predicted molar refractivity (Wildman–Crippen MR) is 98.4 cm³/mol. The van der Waals surface area contributed by atoms with Gasteiger partial charge >= 0.3 is 0 Å². The summed E-state index contributed by atoms with van der Waals surface area (Å²) in [5, 5.41) is 4.11. The summed E-state index contributed by atoms with van der Waals surface area (Å²) in [5.74, 6) is 2.58. The Morgan fingerprint density at radius 1 is 1.19 bits per heavy atom. The molecule has 1 aromatic heterocycles. The first-order valence-corrected chi connectivity index (χ1v) is 9.57. The molecule has 2 aromatic rings. The predicted octanol–water partition coefficient (Wildman–Crippen LogP) is 2.88. The minimum Gasteiger partial charge on any atom is -0.487 e. The summed E-state index contributed by atoms with van der Waals surface area (Å²) in [7, 11) is 0. The molecule has 144 valence electrons. The van der Waals surface area contributed by atoms with E-state index in [0.717, 1.165) is 37.4 Å². The Balaban J connectivity index is 1.33. The van der Waals surface area contributed by atoms with E-state index in [2.05, 4.69) is 10.1 Å². The number of ether oxygens (including phenoxy) is 2. The maximum absolute atomic E-state index is 11.9. The van der Waals surface area contributed by atoms with Crippen molar-refractivity contribution in [3.8, 4) is 17.1 Å². The molecule has 0 radical (unpaired) electrons. The van der Waals surface area contributed by atoms with E-state index in [1.807, 2.05) is 43.0 Å². The molecule has 0 saturated carbocycles. The van der Waals surface area contributed by atoms with Gasteiger partial charge in [-0.05, 0) is 37.1 Å². The first-order chi connectivity index (χ1) is 13.1. The number of benzene rings is 1. The van der Waals surface area contributed by atoms with Gasteiger partial charge in [0, 0.05) is 30.6 Å². The highest BCUT2D eigenvalue weighted by Crippen LogP contribution is 2.28. The van der Waals surface area contributed by atoms with Crippen LogP contribution in [0.5, 0.6) is 5.75 Å². The quantitative estimate of drug-likeness (QED) is 0.804. The maximum atomic E-state index is 11.9. The minimum atomic E-state index is 0.0335. The van der Waals surface area contributed by atoms with Gasteiger partial charge in [0.25, 0.3) is 0 Å². The van der Waals surface area contributed by atoms with E-state index in [9.17, 15) is 4.79 Å². The van der Waals surface area contributed by atoms with Crippen LogP contribution in [0.15, 0.2) is 28.8 Å². The van der Waals surface area contributed by atoms with Crippen molar-refractivity contribution in [2.45, 2.75) is 38.7 Å². The van der Waals surface area contributed by atoms with Gasteiger partial charge in [-0.2, -0.15) is 4.98 Å². The Labute approximate surface area is 158 Å². The van der Waals surface area contributed by atoms with E-state index < -0.39 is 0 Å². The van der Waals surface area contributed by atoms with Crippen LogP contribution in [-0.2, 0) is 9.53 Å². The van der Waals surface area contributed by atoms with Crippen molar-refractivity contribution in [1.82, 2.24) is 15.0 Å². The van der Waals surface area contributed by atoms with Gasteiger partial charge in [-0.25, -0.2) is 0 Å². The largest absolute Gasteiger partial charge is 0.487 e. The third kappa shape index (κ3) is 3.98. The normalized spacial score (nSPS) is 18.6. The van der Waals surface area contributed by atoms with Crippen molar-refractivity contribution in [1.29, 1.82) is 0 Å². The van der Waals surface area contributed by atoms with E-state index in [1.54, 1.807) is 0 Å². The van der Waals surface area contributed by atoms with Crippen molar-refractivity contribution in [3.05, 3.63) is 30.2 Å². The van der Waals surface area contributed by atoms with Crippen LogP contribution in [0, 0.1) is 5.92 Å². The molecule has 4 rings (SSSR count). The Kier molecular flexibility index (Phi) is 5.11. The molecule has 2 saturated heterocycles. The fourth-order valence-corrected chi connectivity index (χ4v) is 3.40. The second-order valence-corrected chi connectivity index (χ2v) is 7.51. The molecule has 7 heteroatoms. The molecule has 1 amide bonds. The van der Waals surface area contributed by atoms with Crippen molar-refractivity contribution in [2.24, 2.45) is 5.92 Å². The summed E-state index contributed by atoms with van der Waals surface area (Å²) in [5.41, 5.74) is 0.898. The van der Waals surface area contributed by atoms with E-state index >= 15 is 0 Å². The van der Waals surface area contributed by atoms with E-state index in [0.29, 0.717) is 24.8 Å². The van der Waals surface area contributed by atoms with Gasteiger partial charge in [-0.1, -0.05) is 19.0 Å². The lowest BCUT2D eigenvalue weighted by Gasteiger charge is -2.39. The highest BCUT2D eigenvalue weighted by molar-refractivity contribution is 5.79. The smallest absolute Gasteiger partial charge is 0.230 e. The average molecular weight is 371 g/mol. The number of hydrogen-bond donors (Lipinski definition) is 0. The molecular weight excluding hydrogens is 346 g/mol. The number of aromatic nitrogens is 2. The minimum absolute atomic E-state index is 0.0335. The summed E-state index contributed by atoms with van der Waals surface area (Å²) in [4.78, 5) is 18.3. The molecule has 0 N–H and O–H groups in total. The fraction of sp³-hybridized carbons (Fsp3) is 0.550. The van der Waals surface area contributed by atoms with Crippen LogP contribution in [0.3, 0.4) is 0 Å². The molecule has 1 aromatic carbocycles. The maximum Gasteiger partial charge on any atom is 0.230 e. The molecule has 2 aliphatic heterocycles. The van der Waals surface area contributed by atoms with E-state index in [4.69, 9.17) is 14.0 Å². The Morgan fingerprint density at radius 3 is 2.56 bits per heavy atom. The SMILES string of the molecule is CC(C)C(=O)N1CC(Oc2ccc(-c3noc(C4CCOCC4)n3)cc2)C1. The molecule has 0 unspecified atom stereocenters. The lowest BCUT2D eigenvalue weighted by molar-refractivity contribution is -0.143. The second kappa shape index (κ2) is 7.68. The molecule has 3 heterocycles. The summed E-state index contributed by atoms with van der Waals surface area (Å²) >= 11 is 0. The van der Waals surface area contributed by atoms with E-state index in [-0.39, 0.29) is 23.8 Å². The molecule has 0 bridgehead atoms. The number of carbonyl (C=O) groups excluding carboxylic acids is 1. The molecular formula is C20H25N3O4. The van der Waals surface area contributed by atoms with Gasteiger partial charge in [0.1, 0.15) is 11.9 Å². The second-order valence-electron chi connectivity index (χ2n) is 7.51. The topological polar surface area (TPSA) is 77.7 Å². The van der Waals surface area contributed by atoms with Gasteiger partial charge in [0.05, 0.1) is 13.1 Å². The molecule has 2 fully saturated rings. The zero-order valence-corrected chi connectivity index (χ0v) is 15.8. The highest BCUT2D eigenvalue weighted by atomic mass is 16.5. The van der Waals surface area contributed by atoms with Gasteiger partial charge in [-0.3, -0.25) is 4.79 Å². The first-order valence-electron chi connectivity index (χ1n) is 9.57.